The van der Waals surface area contributed by atoms with Crippen LogP contribution in [0, 0.1) is 0 Å². The van der Waals surface area contributed by atoms with Crippen LogP contribution < -0.4 is 5.32 Å². The molecule has 4 nitrogen and oxygen atoms in total. The van der Waals surface area contributed by atoms with Gasteiger partial charge in [0.25, 0.3) is 5.89 Å². The first-order valence-electron chi connectivity index (χ1n) is 8.68. The molecule has 4 heteroatoms. The van der Waals surface area contributed by atoms with Crippen LogP contribution >= 0.6 is 0 Å². The quantitative estimate of drug-likeness (QED) is 0.865. The Kier molecular flexibility index (Phi) is 3.66. The average molecular weight is 300 g/mol. The van der Waals surface area contributed by atoms with Crippen LogP contribution in [-0.2, 0) is 0 Å². The van der Waals surface area contributed by atoms with Crippen molar-refractivity contribution in [3.8, 4) is 0 Å². The lowest BCUT2D eigenvalue weighted by Crippen LogP contribution is -2.59. The first-order chi connectivity index (χ1) is 10.8. The molecule has 0 spiro atoms. The molecule has 0 radical (unpaired) electrons. The summed E-state index contributed by atoms with van der Waals surface area (Å²) < 4.78 is 7.27. The lowest BCUT2D eigenvalue weighted by molar-refractivity contribution is -0.968. The maximum Gasteiger partial charge on any atom is 0.254 e. The maximum atomic E-state index is 6.15. The van der Waals surface area contributed by atoms with E-state index in [1.54, 1.807) is 0 Å². The van der Waals surface area contributed by atoms with Crippen molar-refractivity contribution >= 4 is 11.1 Å². The molecule has 2 aliphatic rings. The number of hydrogen-bond acceptors (Lipinski definition) is 3. The van der Waals surface area contributed by atoms with Crippen molar-refractivity contribution in [1.29, 1.82) is 0 Å². The lowest BCUT2D eigenvalue weighted by Gasteiger charge is -2.49. The maximum absolute atomic E-state index is 6.15. The van der Waals surface area contributed by atoms with Crippen LogP contribution in [0.4, 0.5) is 0 Å². The van der Waals surface area contributed by atoms with E-state index in [4.69, 9.17) is 9.40 Å². The number of quaternary nitrogens is 1. The zero-order valence-corrected chi connectivity index (χ0v) is 13.4. The Morgan fingerprint density at radius 2 is 1.95 bits per heavy atom. The lowest BCUT2D eigenvalue weighted by atomic mass is 9.92. The molecule has 118 valence electrons. The minimum atomic E-state index is 0.421. The van der Waals surface area contributed by atoms with Gasteiger partial charge in [-0.25, -0.2) is 4.98 Å². The van der Waals surface area contributed by atoms with Gasteiger partial charge in [-0.2, -0.15) is 0 Å². The van der Waals surface area contributed by atoms with E-state index in [1.807, 2.05) is 18.2 Å². The minimum absolute atomic E-state index is 0.421. The summed E-state index contributed by atoms with van der Waals surface area (Å²) in [6, 6.07) is 9.31. The molecule has 2 aliphatic heterocycles. The van der Waals surface area contributed by atoms with Gasteiger partial charge in [0, 0.05) is 32.4 Å². The third kappa shape index (κ3) is 2.34. The highest BCUT2D eigenvalue weighted by Gasteiger charge is 2.45. The first-order valence-corrected chi connectivity index (χ1v) is 8.68. The number of piperidine rings is 2. The standard InChI is InChI=1S/C18H26N3O/c1-21(14-9-11-19-12-10-14)13-5-4-7-16(21)18-20-15-6-2-3-8-17(15)22-18/h2-3,6,8,14,16,19H,4-5,7,9-13H2,1H3/q+1. The second-order valence-electron chi connectivity index (χ2n) is 7.08. The number of hydrogen-bond donors (Lipinski definition) is 1. The smallest absolute Gasteiger partial charge is 0.254 e. The summed E-state index contributed by atoms with van der Waals surface area (Å²) in [5.41, 5.74) is 1.93. The Hall–Kier alpha value is -1.39. The van der Waals surface area contributed by atoms with Crippen LogP contribution in [0.3, 0.4) is 0 Å². The molecule has 2 fully saturated rings. The summed E-state index contributed by atoms with van der Waals surface area (Å²) in [4.78, 5) is 4.83. The minimum Gasteiger partial charge on any atom is -0.435 e. The van der Waals surface area contributed by atoms with Crippen LogP contribution in [0.25, 0.3) is 11.1 Å². The van der Waals surface area contributed by atoms with Gasteiger partial charge < -0.3 is 14.2 Å². The van der Waals surface area contributed by atoms with E-state index >= 15 is 0 Å². The van der Waals surface area contributed by atoms with Gasteiger partial charge in [-0.1, -0.05) is 12.1 Å². The summed E-state index contributed by atoms with van der Waals surface area (Å²) in [7, 11) is 2.44. The molecule has 22 heavy (non-hydrogen) atoms. The average Bonchev–Trinajstić information content (AvgIpc) is 3.00. The van der Waals surface area contributed by atoms with Gasteiger partial charge in [-0.15, -0.1) is 0 Å². The summed E-state index contributed by atoms with van der Waals surface area (Å²) in [6.45, 7) is 3.56. The van der Waals surface area contributed by atoms with E-state index in [-0.39, 0.29) is 0 Å². The molecular weight excluding hydrogens is 274 g/mol. The summed E-state index contributed by atoms with van der Waals surface area (Å²) in [5, 5.41) is 3.50. The van der Waals surface area contributed by atoms with Crippen molar-refractivity contribution in [2.45, 2.75) is 44.2 Å². The molecule has 2 aromatic rings. The van der Waals surface area contributed by atoms with E-state index in [9.17, 15) is 0 Å². The van der Waals surface area contributed by atoms with E-state index in [0.29, 0.717) is 6.04 Å². The molecule has 0 bridgehead atoms. The normalized spacial score (nSPS) is 30.7. The number of aromatic nitrogens is 1. The largest absolute Gasteiger partial charge is 0.435 e. The summed E-state index contributed by atoms with van der Waals surface area (Å²) in [5.74, 6) is 0.960. The molecule has 2 unspecified atom stereocenters. The fourth-order valence-corrected chi connectivity index (χ4v) is 4.48. The predicted molar refractivity (Wildman–Crippen MR) is 87.5 cm³/mol. The van der Waals surface area contributed by atoms with Gasteiger partial charge in [0.2, 0.25) is 0 Å². The summed E-state index contributed by atoms with van der Waals surface area (Å²) >= 11 is 0. The third-order valence-electron chi connectivity index (χ3n) is 5.82. The highest BCUT2D eigenvalue weighted by Crippen LogP contribution is 2.40. The first kappa shape index (κ1) is 14.2. The molecule has 1 aromatic heterocycles. The molecule has 1 aromatic carbocycles. The number of fused-ring (bicyclic) bond motifs is 1. The Bertz CT molecular complexity index is 614. The monoisotopic (exact) mass is 300 g/mol. The molecule has 2 atom stereocenters. The Balaban J connectivity index is 1.70. The van der Waals surface area contributed by atoms with Crippen LogP contribution in [0.5, 0.6) is 0 Å². The second kappa shape index (κ2) is 5.67. The van der Waals surface area contributed by atoms with Crippen molar-refractivity contribution in [1.82, 2.24) is 10.3 Å². The molecule has 0 amide bonds. The Morgan fingerprint density at radius 1 is 1.14 bits per heavy atom. The Labute approximate surface area is 132 Å². The third-order valence-corrected chi connectivity index (χ3v) is 5.82. The fraction of sp³-hybridized carbons (Fsp3) is 0.611. The van der Waals surface area contributed by atoms with Crippen molar-refractivity contribution in [3.05, 3.63) is 30.2 Å². The number of oxazole rings is 1. The van der Waals surface area contributed by atoms with Gasteiger partial charge in [-0.05, 0) is 25.0 Å². The molecule has 0 aliphatic carbocycles. The molecule has 1 N–H and O–H groups in total. The number of benzene rings is 1. The molecular formula is C18H26N3O+. The van der Waals surface area contributed by atoms with E-state index < -0.39 is 0 Å². The van der Waals surface area contributed by atoms with Crippen molar-refractivity contribution < 1.29 is 8.90 Å². The SMILES string of the molecule is C[N+]1(C2CCNCC2)CCCCC1c1nc2ccccc2o1. The number of nitrogens with one attached hydrogen (secondary N) is 1. The van der Waals surface area contributed by atoms with Crippen LogP contribution in [0.2, 0.25) is 0 Å². The van der Waals surface area contributed by atoms with Gasteiger partial charge in [0.15, 0.2) is 11.6 Å². The zero-order valence-electron chi connectivity index (χ0n) is 13.4. The predicted octanol–water partition coefficient (Wildman–Crippen LogP) is 3.25. The molecule has 0 saturated carbocycles. The van der Waals surface area contributed by atoms with Crippen LogP contribution in [-0.4, -0.2) is 42.2 Å². The van der Waals surface area contributed by atoms with Crippen molar-refractivity contribution in [2.24, 2.45) is 0 Å². The van der Waals surface area contributed by atoms with Gasteiger partial charge >= 0.3 is 0 Å². The molecule has 2 saturated heterocycles. The second-order valence-corrected chi connectivity index (χ2v) is 7.08. The zero-order chi connectivity index (χ0) is 15.0. The van der Waals surface area contributed by atoms with Crippen molar-refractivity contribution in [2.75, 3.05) is 26.7 Å². The number of para-hydroxylation sites is 2. The topological polar surface area (TPSA) is 38.1 Å². The van der Waals surface area contributed by atoms with Crippen molar-refractivity contribution in [3.63, 3.8) is 0 Å². The summed E-state index contributed by atoms with van der Waals surface area (Å²) in [6.07, 6.45) is 6.37. The molecule has 4 rings (SSSR count). The number of rotatable bonds is 2. The van der Waals surface area contributed by atoms with Crippen LogP contribution in [0.1, 0.15) is 44.0 Å². The fourth-order valence-electron chi connectivity index (χ4n) is 4.48. The van der Waals surface area contributed by atoms with Gasteiger partial charge in [0.05, 0.1) is 19.6 Å². The van der Waals surface area contributed by atoms with Gasteiger partial charge in [0.1, 0.15) is 5.52 Å². The number of nitrogens with zero attached hydrogens (tertiary/aromatic N) is 2. The van der Waals surface area contributed by atoms with Gasteiger partial charge in [-0.3, -0.25) is 0 Å². The highest BCUT2D eigenvalue weighted by atomic mass is 16.3. The Morgan fingerprint density at radius 3 is 2.77 bits per heavy atom. The highest BCUT2D eigenvalue weighted by molar-refractivity contribution is 5.72. The van der Waals surface area contributed by atoms with E-state index in [2.05, 4.69) is 18.4 Å². The molecule has 3 heterocycles. The van der Waals surface area contributed by atoms with E-state index in [0.717, 1.165) is 40.6 Å². The number of likely N-dealkylation sites (tertiary alicyclic amines) is 1. The van der Waals surface area contributed by atoms with E-state index in [1.165, 1.54) is 38.6 Å². The van der Waals surface area contributed by atoms with Crippen LogP contribution in [0.15, 0.2) is 28.7 Å².